The van der Waals surface area contributed by atoms with E-state index in [0.717, 1.165) is 57.3 Å². The molecule has 3 heterocycles. The predicted molar refractivity (Wildman–Crippen MR) is 100 cm³/mol. The molecule has 0 bridgehead atoms. The Morgan fingerprint density at radius 1 is 1.04 bits per heavy atom. The Morgan fingerprint density at radius 2 is 1.80 bits per heavy atom. The lowest BCUT2D eigenvalue weighted by molar-refractivity contribution is 0.0543. The van der Waals surface area contributed by atoms with Gasteiger partial charge in [0, 0.05) is 44.3 Å². The van der Waals surface area contributed by atoms with Crippen LogP contribution in [0, 0.1) is 0 Å². The molecule has 1 N–H and O–H groups in total. The van der Waals surface area contributed by atoms with Gasteiger partial charge in [0.1, 0.15) is 18.0 Å². The Kier molecular flexibility index (Phi) is 4.83. The summed E-state index contributed by atoms with van der Waals surface area (Å²) in [5, 5.41) is 3.58. The highest BCUT2D eigenvalue weighted by Gasteiger charge is 2.34. The maximum atomic E-state index is 5.62. The van der Waals surface area contributed by atoms with Crippen molar-refractivity contribution in [2.45, 2.75) is 31.1 Å². The molecular formula is C20H26N4O. The standard InChI is InChI=1S/C20H26N4O/c1-2-6-17(7-3-1)20(8-12-25-13-9-20)15-21-18-14-19(23-16-22-18)24-10-4-5-11-24/h1-3,6-7,14,16H,4-5,8-13,15H2,(H,21,22,23). The summed E-state index contributed by atoms with van der Waals surface area (Å²) in [5.74, 6) is 1.95. The molecule has 2 fully saturated rings. The average molecular weight is 338 g/mol. The molecule has 1 aromatic carbocycles. The molecule has 2 aliphatic heterocycles. The minimum absolute atomic E-state index is 0.109. The van der Waals surface area contributed by atoms with E-state index >= 15 is 0 Å². The molecule has 2 saturated heterocycles. The zero-order valence-electron chi connectivity index (χ0n) is 14.7. The Bertz CT molecular complexity index is 679. The van der Waals surface area contributed by atoms with Crippen molar-refractivity contribution >= 4 is 11.6 Å². The molecule has 0 amide bonds. The van der Waals surface area contributed by atoms with Crippen LogP contribution in [0.1, 0.15) is 31.2 Å². The molecule has 0 unspecified atom stereocenters. The normalized spacial score (nSPS) is 19.8. The second kappa shape index (κ2) is 7.40. The topological polar surface area (TPSA) is 50.3 Å². The van der Waals surface area contributed by atoms with Crippen molar-refractivity contribution in [2.24, 2.45) is 0 Å². The molecule has 0 aliphatic carbocycles. The van der Waals surface area contributed by atoms with Gasteiger partial charge >= 0.3 is 0 Å². The summed E-state index contributed by atoms with van der Waals surface area (Å²) >= 11 is 0. The summed E-state index contributed by atoms with van der Waals surface area (Å²) in [4.78, 5) is 11.2. The second-order valence-corrected chi connectivity index (χ2v) is 7.07. The number of benzene rings is 1. The first-order valence-corrected chi connectivity index (χ1v) is 9.30. The number of nitrogens with one attached hydrogen (secondary N) is 1. The summed E-state index contributed by atoms with van der Waals surface area (Å²) in [5.41, 5.74) is 1.50. The molecule has 1 aromatic heterocycles. The van der Waals surface area contributed by atoms with Crippen LogP contribution in [0.4, 0.5) is 11.6 Å². The zero-order chi connectivity index (χ0) is 17.0. The quantitative estimate of drug-likeness (QED) is 0.907. The van der Waals surface area contributed by atoms with Crippen molar-refractivity contribution in [3.63, 3.8) is 0 Å². The summed E-state index contributed by atoms with van der Waals surface area (Å²) in [6.07, 6.45) is 6.26. The molecule has 2 aliphatic rings. The van der Waals surface area contributed by atoms with Crippen LogP contribution < -0.4 is 10.2 Å². The highest BCUT2D eigenvalue weighted by atomic mass is 16.5. The minimum Gasteiger partial charge on any atom is -0.381 e. The first-order valence-electron chi connectivity index (χ1n) is 9.30. The molecule has 5 heteroatoms. The molecule has 2 aromatic rings. The van der Waals surface area contributed by atoms with E-state index < -0.39 is 0 Å². The van der Waals surface area contributed by atoms with Crippen LogP contribution in [0.25, 0.3) is 0 Å². The number of anilines is 2. The van der Waals surface area contributed by atoms with Crippen LogP contribution in [0.2, 0.25) is 0 Å². The summed E-state index contributed by atoms with van der Waals surface area (Å²) in [6, 6.07) is 12.9. The van der Waals surface area contributed by atoms with E-state index in [1.807, 2.05) is 0 Å². The first-order chi connectivity index (χ1) is 12.4. The number of ether oxygens (including phenoxy) is 1. The lowest BCUT2D eigenvalue weighted by Crippen LogP contribution is -2.40. The lowest BCUT2D eigenvalue weighted by Gasteiger charge is -2.38. The largest absolute Gasteiger partial charge is 0.381 e. The van der Waals surface area contributed by atoms with Gasteiger partial charge in [-0.2, -0.15) is 0 Å². The Balaban J connectivity index is 1.51. The maximum absolute atomic E-state index is 5.62. The number of aromatic nitrogens is 2. The molecule has 0 atom stereocenters. The van der Waals surface area contributed by atoms with Crippen molar-refractivity contribution in [3.05, 3.63) is 48.3 Å². The SMILES string of the molecule is c1ccc(C2(CNc3cc(N4CCCC4)ncn3)CCOCC2)cc1. The Labute approximate surface area is 149 Å². The molecule has 5 nitrogen and oxygen atoms in total. The fraction of sp³-hybridized carbons (Fsp3) is 0.500. The second-order valence-electron chi connectivity index (χ2n) is 7.07. The van der Waals surface area contributed by atoms with Gasteiger partial charge in [0.2, 0.25) is 0 Å². The summed E-state index contributed by atoms with van der Waals surface area (Å²) in [6.45, 7) is 4.71. The van der Waals surface area contributed by atoms with Gasteiger partial charge in [-0.1, -0.05) is 30.3 Å². The smallest absolute Gasteiger partial charge is 0.134 e. The van der Waals surface area contributed by atoms with Crippen molar-refractivity contribution < 1.29 is 4.74 Å². The van der Waals surface area contributed by atoms with Crippen LogP contribution in [0.5, 0.6) is 0 Å². The average Bonchev–Trinajstić information content (AvgIpc) is 3.23. The van der Waals surface area contributed by atoms with E-state index in [0.29, 0.717) is 0 Å². The monoisotopic (exact) mass is 338 g/mol. The molecule has 25 heavy (non-hydrogen) atoms. The van der Waals surface area contributed by atoms with Crippen molar-refractivity contribution in [1.82, 2.24) is 9.97 Å². The van der Waals surface area contributed by atoms with Gasteiger partial charge in [-0.25, -0.2) is 9.97 Å². The highest BCUT2D eigenvalue weighted by molar-refractivity contribution is 5.49. The number of rotatable bonds is 5. The van der Waals surface area contributed by atoms with Crippen LogP contribution in [0.15, 0.2) is 42.7 Å². The van der Waals surface area contributed by atoms with Gasteiger partial charge in [0.15, 0.2) is 0 Å². The number of hydrogen-bond acceptors (Lipinski definition) is 5. The van der Waals surface area contributed by atoms with E-state index in [4.69, 9.17) is 4.74 Å². The molecule has 0 radical (unpaired) electrons. The maximum Gasteiger partial charge on any atom is 0.134 e. The fourth-order valence-electron chi connectivity index (χ4n) is 3.94. The first kappa shape index (κ1) is 16.3. The van der Waals surface area contributed by atoms with Gasteiger partial charge in [0.05, 0.1) is 0 Å². The summed E-state index contributed by atoms with van der Waals surface area (Å²) < 4.78 is 5.62. The highest BCUT2D eigenvalue weighted by Crippen LogP contribution is 2.35. The fourth-order valence-corrected chi connectivity index (χ4v) is 3.94. The molecule has 4 rings (SSSR count). The third kappa shape index (κ3) is 3.61. The molecular weight excluding hydrogens is 312 g/mol. The van der Waals surface area contributed by atoms with Crippen LogP contribution in [-0.4, -0.2) is 42.8 Å². The van der Waals surface area contributed by atoms with Crippen LogP contribution >= 0.6 is 0 Å². The summed E-state index contributed by atoms with van der Waals surface area (Å²) in [7, 11) is 0. The van der Waals surface area contributed by atoms with Gasteiger partial charge in [-0.3, -0.25) is 0 Å². The van der Waals surface area contributed by atoms with E-state index in [-0.39, 0.29) is 5.41 Å². The predicted octanol–water partition coefficient (Wildman–Crippen LogP) is 3.24. The van der Waals surface area contributed by atoms with Crippen LogP contribution in [-0.2, 0) is 10.2 Å². The third-order valence-corrected chi connectivity index (χ3v) is 5.53. The Morgan fingerprint density at radius 3 is 2.56 bits per heavy atom. The number of hydrogen-bond donors (Lipinski definition) is 1. The van der Waals surface area contributed by atoms with Gasteiger partial charge in [0.25, 0.3) is 0 Å². The third-order valence-electron chi connectivity index (χ3n) is 5.53. The van der Waals surface area contributed by atoms with Crippen molar-refractivity contribution in [3.8, 4) is 0 Å². The lowest BCUT2D eigenvalue weighted by atomic mass is 9.74. The van der Waals surface area contributed by atoms with Crippen molar-refractivity contribution in [1.29, 1.82) is 0 Å². The van der Waals surface area contributed by atoms with E-state index in [1.54, 1.807) is 6.33 Å². The zero-order valence-corrected chi connectivity index (χ0v) is 14.7. The molecule has 132 valence electrons. The van der Waals surface area contributed by atoms with Gasteiger partial charge < -0.3 is 15.0 Å². The van der Waals surface area contributed by atoms with E-state index in [9.17, 15) is 0 Å². The molecule has 0 spiro atoms. The van der Waals surface area contributed by atoms with Crippen molar-refractivity contribution in [2.75, 3.05) is 43.1 Å². The van der Waals surface area contributed by atoms with Crippen LogP contribution in [0.3, 0.4) is 0 Å². The number of nitrogens with zero attached hydrogens (tertiary/aromatic N) is 3. The van der Waals surface area contributed by atoms with Gasteiger partial charge in [-0.05, 0) is 31.2 Å². The Hall–Kier alpha value is -2.14. The van der Waals surface area contributed by atoms with E-state index in [2.05, 4.69) is 56.6 Å². The van der Waals surface area contributed by atoms with Gasteiger partial charge in [-0.15, -0.1) is 0 Å². The molecule has 0 saturated carbocycles. The van der Waals surface area contributed by atoms with E-state index in [1.165, 1.54) is 18.4 Å². The minimum atomic E-state index is 0.109.